The van der Waals surface area contributed by atoms with Gasteiger partial charge in [0.25, 0.3) is 11.8 Å². The van der Waals surface area contributed by atoms with E-state index >= 15 is 0 Å². The average molecular weight is 535 g/mol. The number of carbonyl (C=O) groups excluding carboxylic acids is 2. The first kappa shape index (κ1) is 27.1. The van der Waals surface area contributed by atoms with E-state index in [-0.39, 0.29) is 17.5 Å². The first-order valence-corrected chi connectivity index (χ1v) is 14.0. The number of para-hydroxylation sites is 1. The molecule has 7 heteroatoms. The number of amides is 2. The molecule has 1 fully saturated rings. The van der Waals surface area contributed by atoms with Gasteiger partial charge in [0, 0.05) is 28.9 Å². The normalized spacial score (nSPS) is 17.1. The van der Waals surface area contributed by atoms with Crippen molar-refractivity contribution in [3.63, 3.8) is 0 Å². The topological polar surface area (TPSA) is 88.2 Å². The molecule has 2 aliphatic rings. The van der Waals surface area contributed by atoms with Crippen molar-refractivity contribution in [3.8, 4) is 28.8 Å². The molecular weight excluding hydrogens is 500 g/mol. The van der Waals surface area contributed by atoms with E-state index in [1.54, 1.807) is 17.7 Å². The van der Waals surface area contributed by atoms with Crippen LogP contribution in [-0.2, 0) is 9.59 Å². The lowest BCUT2D eigenvalue weighted by atomic mass is 9.91. The van der Waals surface area contributed by atoms with Gasteiger partial charge in [0.2, 0.25) is 0 Å². The lowest BCUT2D eigenvalue weighted by molar-refractivity contribution is -0.143. The monoisotopic (exact) mass is 534 g/mol. The van der Waals surface area contributed by atoms with Crippen LogP contribution in [0, 0.1) is 18.3 Å². The summed E-state index contributed by atoms with van der Waals surface area (Å²) in [6.07, 6.45) is 9.22. The molecule has 0 spiro atoms. The van der Waals surface area contributed by atoms with Gasteiger partial charge >= 0.3 is 0 Å². The van der Waals surface area contributed by atoms with Crippen LogP contribution in [0.3, 0.4) is 0 Å². The van der Waals surface area contributed by atoms with E-state index in [2.05, 4.69) is 13.0 Å². The number of benzene rings is 2. The quantitative estimate of drug-likeness (QED) is 0.185. The van der Waals surface area contributed by atoms with Gasteiger partial charge in [-0.2, -0.15) is 10.4 Å². The van der Waals surface area contributed by atoms with E-state index in [1.165, 1.54) is 4.90 Å². The van der Waals surface area contributed by atoms with Crippen molar-refractivity contribution in [2.75, 3.05) is 6.61 Å². The molecule has 0 radical (unpaired) electrons. The Morgan fingerprint density at radius 3 is 2.50 bits per heavy atom. The third-order valence-electron chi connectivity index (χ3n) is 7.75. The molecule has 2 heterocycles. The van der Waals surface area contributed by atoms with Crippen molar-refractivity contribution in [2.45, 2.75) is 65.3 Å². The Balaban J connectivity index is 1.63. The second kappa shape index (κ2) is 11.7. The number of hydrogen-bond donors (Lipinski definition) is 0. The van der Waals surface area contributed by atoms with Crippen LogP contribution in [0.15, 0.2) is 71.4 Å². The Hall–Kier alpha value is -4.44. The zero-order valence-electron chi connectivity index (χ0n) is 23.3. The molecule has 1 aromatic heterocycles. The molecule has 0 saturated heterocycles. The van der Waals surface area contributed by atoms with Crippen LogP contribution >= 0.6 is 0 Å². The summed E-state index contributed by atoms with van der Waals surface area (Å²) in [5, 5.41) is 14.8. The number of nitrogens with zero attached hydrogens (tertiary/aromatic N) is 4. The fourth-order valence-corrected chi connectivity index (χ4v) is 5.49. The number of aromatic nitrogens is 2. The van der Waals surface area contributed by atoms with Crippen molar-refractivity contribution < 1.29 is 14.3 Å². The van der Waals surface area contributed by atoms with Gasteiger partial charge in [-0.25, -0.2) is 4.68 Å². The number of imide groups is 1. The Morgan fingerprint density at radius 2 is 1.82 bits per heavy atom. The number of carbonyl (C=O) groups is 2. The summed E-state index contributed by atoms with van der Waals surface area (Å²) in [7, 11) is 0. The minimum atomic E-state index is -0.483. The summed E-state index contributed by atoms with van der Waals surface area (Å²) in [6.45, 7) is 6.50. The van der Waals surface area contributed by atoms with E-state index in [9.17, 15) is 14.9 Å². The lowest BCUT2D eigenvalue weighted by Crippen LogP contribution is -2.47. The largest absolute Gasteiger partial charge is 0.494 e. The third kappa shape index (κ3) is 5.22. The molecule has 0 N–H and O–H groups in total. The summed E-state index contributed by atoms with van der Waals surface area (Å²) in [5.74, 6) is -0.0188. The molecule has 2 amide bonds. The van der Waals surface area contributed by atoms with Gasteiger partial charge in [-0.15, -0.1) is 0 Å². The molecule has 1 saturated carbocycles. The van der Waals surface area contributed by atoms with Gasteiger partial charge in [-0.05, 0) is 80.7 Å². The van der Waals surface area contributed by atoms with Crippen molar-refractivity contribution in [2.24, 2.45) is 0 Å². The zero-order valence-corrected chi connectivity index (χ0v) is 23.3. The molecule has 204 valence electrons. The molecule has 1 aliphatic carbocycles. The predicted octanol–water partition coefficient (Wildman–Crippen LogP) is 6.56. The van der Waals surface area contributed by atoms with Gasteiger partial charge in [0.15, 0.2) is 0 Å². The Kier molecular flexibility index (Phi) is 7.97. The van der Waals surface area contributed by atoms with Crippen molar-refractivity contribution in [3.05, 3.63) is 82.6 Å². The van der Waals surface area contributed by atoms with Crippen LogP contribution in [0.2, 0.25) is 0 Å². The van der Waals surface area contributed by atoms with Gasteiger partial charge in [0.1, 0.15) is 23.1 Å². The lowest BCUT2D eigenvalue weighted by Gasteiger charge is -2.32. The molecule has 1 aliphatic heterocycles. The average Bonchev–Trinajstić information content (AvgIpc) is 3.63. The van der Waals surface area contributed by atoms with Crippen molar-refractivity contribution in [1.82, 2.24) is 14.7 Å². The Bertz CT molecular complexity index is 1540. The number of rotatable bonds is 8. The standard InChI is InChI=1S/C33H34N4O3/c1-4-5-17-40-27-15-16-28(22(2)18-27)31-24(21-36(35-31)25-11-7-6-8-12-25)19-29-23(3)30(20-34)33(39)37(32(29)38)26-13-9-10-14-26/h6-8,11-12,15-16,18-19,21,26H,4-5,9-10,13-14,17H2,1-3H3/b29-19+. The van der Waals surface area contributed by atoms with E-state index in [4.69, 9.17) is 9.84 Å². The van der Waals surface area contributed by atoms with Crippen LogP contribution in [0.4, 0.5) is 0 Å². The highest BCUT2D eigenvalue weighted by atomic mass is 16.5. The second-order valence-corrected chi connectivity index (χ2v) is 10.5. The van der Waals surface area contributed by atoms with E-state index < -0.39 is 5.91 Å². The molecule has 3 aromatic rings. The summed E-state index contributed by atoms with van der Waals surface area (Å²) < 4.78 is 7.71. The number of hydrogen-bond acceptors (Lipinski definition) is 5. The molecule has 0 unspecified atom stereocenters. The SMILES string of the molecule is CCCCOc1ccc(-c2nn(-c3ccccc3)cc2/C=C2/C(=O)N(C3CCCC3)C(=O)C(C#N)=C2C)c(C)c1. The Morgan fingerprint density at radius 1 is 1.07 bits per heavy atom. The summed E-state index contributed by atoms with van der Waals surface area (Å²) >= 11 is 0. The van der Waals surface area contributed by atoms with Crippen LogP contribution < -0.4 is 4.74 Å². The van der Waals surface area contributed by atoms with Crippen molar-refractivity contribution >= 4 is 17.9 Å². The van der Waals surface area contributed by atoms with Crippen LogP contribution in [0.1, 0.15) is 63.5 Å². The highest BCUT2D eigenvalue weighted by Crippen LogP contribution is 2.36. The highest BCUT2D eigenvalue weighted by Gasteiger charge is 2.40. The fraction of sp³-hybridized carbons (Fsp3) is 0.333. The van der Waals surface area contributed by atoms with E-state index in [0.717, 1.165) is 66.7 Å². The molecule has 0 atom stereocenters. The molecule has 40 heavy (non-hydrogen) atoms. The summed E-state index contributed by atoms with van der Waals surface area (Å²) in [6, 6.07) is 17.6. The van der Waals surface area contributed by atoms with E-state index in [1.807, 2.05) is 61.7 Å². The first-order chi connectivity index (χ1) is 19.4. The van der Waals surface area contributed by atoms with E-state index in [0.29, 0.717) is 23.4 Å². The van der Waals surface area contributed by atoms with Crippen molar-refractivity contribution in [1.29, 1.82) is 5.26 Å². The molecular formula is C33H34N4O3. The third-order valence-corrected chi connectivity index (χ3v) is 7.75. The fourth-order valence-electron chi connectivity index (χ4n) is 5.49. The molecule has 7 nitrogen and oxygen atoms in total. The van der Waals surface area contributed by atoms with Gasteiger partial charge in [0.05, 0.1) is 12.3 Å². The second-order valence-electron chi connectivity index (χ2n) is 10.5. The van der Waals surface area contributed by atoms with Gasteiger partial charge < -0.3 is 4.74 Å². The number of unbranched alkanes of at least 4 members (excludes halogenated alkanes) is 1. The summed E-state index contributed by atoms with van der Waals surface area (Å²) in [5.41, 5.74) is 5.02. The molecule has 0 bridgehead atoms. The van der Waals surface area contributed by atoms with Crippen LogP contribution in [0.5, 0.6) is 5.75 Å². The number of aryl methyl sites for hydroxylation is 1. The maximum atomic E-state index is 13.8. The maximum absolute atomic E-state index is 13.8. The minimum Gasteiger partial charge on any atom is -0.494 e. The number of ether oxygens (including phenoxy) is 1. The summed E-state index contributed by atoms with van der Waals surface area (Å²) in [4.78, 5) is 28.3. The number of nitriles is 1. The zero-order chi connectivity index (χ0) is 28.2. The maximum Gasteiger partial charge on any atom is 0.271 e. The molecule has 2 aromatic carbocycles. The smallest absolute Gasteiger partial charge is 0.271 e. The van der Waals surface area contributed by atoms with Gasteiger partial charge in [-0.3, -0.25) is 14.5 Å². The molecule has 5 rings (SSSR count). The van der Waals surface area contributed by atoms with Gasteiger partial charge in [-0.1, -0.05) is 44.4 Å². The first-order valence-electron chi connectivity index (χ1n) is 14.0. The minimum absolute atomic E-state index is 0.0273. The predicted molar refractivity (Wildman–Crippen MR) is 155 cm³/mol. The van der Waals surface area contributed by atoms with Crippen LogP contribution in [0.25, 0.3) is 23.0 Å². The highest BCUT2D eigenvalue weighted by molar-refractivity contribution is 6.20. The van der Waals surface area contributed by atoms with Crippen LogP contribution in [-0.4, -0.2) is 39.1 Å². The Labute approximate surface area is 235 Å².